The molecule has 9 heteroatoms. The van der Waals surface area contributed by atoms with Crippen molar-refractivity contribution in [3.8, 4) is 28.7 Å². The van der Waals surface area contributed by atoms with Crippen LogP contribution in [-0.4, -0.2) is 13.1 Å². The average Bonchev–Trinajstić information content (AvgIpc) is 2.67. The number of ether oxygens (including phenoxy) is 2. The molecule has 0 bridgehead atoms. The molecule has 0 unspecified atom stereocenters. The summed E-state index contributed by atoms with van der Waals surface area (Å²) in [6, 6.07) is 8.06. The standard InChI is InChI=1S/C21H12F4N2O3/c1-29-19-6-11(27)2-3-13(19)21(28)30-12-7-17(24)20(18(25)8-12)10-4-15(22)14(9-26)16(23)5-10/h2-8H,27H2,1H3. The molecule has 30 heavy (non-hydrogen) atoms. The largest absolute Gasteiger partial charge is 0.496 e. The highest BCUT2D eigenvalue weighted by Gasteiger charge is 2.21. The normalized spacial score (nSPS) is 10.4. The lowest BCUT2D eigenvalue weighted by Crippen LogP contribution is -2.11. The Morgan fingerprint density at radius 2 is 1.57 bits per heavy atom. The molecule has 0 amide bonds. The number of benzene rings is 3. The van der Waals surface area contributed by atoms with Gasteiger partial charge in [0.25, 0.3) is 0 Å². The molecule has 3 rings (SSSR count). The summed E-state index contributed by atoms with van der Waals surface area (Å²) >= 11 is 0. The predicted molar refractivity (Wildman–Crippen MR) is 98.8 cm³/mol. The molecule has 5 nitrogen and oxygen atoms in total. The fraction of sp³-hybridized carbons (Fsp3) is 0.0476. The number of methoxy groups -OCH3 is 1. The molecule has 0 aromatic heterocycles. The molecule has 0 saturated heterocycles. The van der Waals surface area contributed by atoms with Crippen molar-refractivity contribution >= 4 is 11.7 Å². The number of nitrogen functional groups attached to an aromatic ring is 1. The molecule has 0 saturated carbocycles. The van der Waals surface area contributed by atoms with E-state index in [-0.39, 0.29) is 11.3 Å². The Hall–Kier alpha value is -4.06. The predicted octanol–water partition coefficient (Wildman–Crippen LogP) is 4.59. The van der Waals surface area contributed by atoms with Crippen molar-refractivity contribution in [1.29, 1.82) is 5.26 Å². The van der Waals surface area contributed by atoms with E-state index < -0.39 is 51.7 Å². The lowest BCUT2D eigenvalue weighted by Gasteiger charge is -2.11. The zero-order valence-corrected chi connectivity index (χ0v) is 15.3. The first-order valence-electron chi connectivity index (χ1n) is 8.29. The minimum Gasteiger partial charge on any atom is -0.496 e. The summed E-state index contributed by atoms with van der Waals surface area (Å²) < 4.78 is 66.6. The van der Waals surface area contributed by atoms with Gasteiger partial charge in [0.15, 0.2) is 0 Å². The van der Waals surface area contributed by atoms with Crippen LogP contribution in [0.5, 0.6) is 11.5 Å². The summed E-state index contributed by atoms with van der Waals surface area (Å²) in [4.78, 5) is 12.3. The molecule has 0 fully saturated rings. The number of hydrogen-bond donors (Lipinski definition) is 1. The summed E-state index contributed by atoms with van der Waals surface area (Å²) in [6.07, 6.45) is 0. The fourth-order valence-corrected chi connectivity index (χ4v) is 2.75. The molecule has 0 aliphatic heterocycles. The Balaban J connectivity index is 1.96. The molecule has 3 aromatic carbocycles. The zero-order chi connectivity index (χ0) is 22.0. The summed E-state index contributed by atoms with van der Waals surface area (Å²) in [5.74, 6) is -6.34. The Morgan fingerprint density at radius 3 is 2.10 bits per heavy atom. The van der Waals surface area contributed by atoms with Crippen LogP contribution in [0.4, 0.5) is 23.2 Å². The summed E-state index contributed by atoms with van der Waals surface area (Å²) in [7, 11) is 1.30. The highest BCUT2D eigenvalue weighted by Crippen LogP contribution is 2.32. The number of esters is 1. The van der Waals surface area contributed by atoms with E-state index in [4.69, 9.17) is 20.5 Å². The van der Waals surface area contributed by atoms with Gasteiger partial charge in [-0.25, -0.2) is 22.4 Å². The number of nitrogens with zero attached hydrogens (tertiary/aromatic N) is 1. The fourth-order valence-electron chi connectivity index (χ4n) is 2.75. The van der Waals surface area contributed by atoms with Gasteiger partial charge in [0.2, 0.25) is 0 Å². The van der Waals surface area contributed by atoms with Crippen molar-refractivity contribution in [3.63, 3.8) is 0 Å². The average molecular weight is 416 g/mol. The van der Waals surface area contributed by atoms with E-state index in [0.29, 0.717) is 30.0 Å². The Labute approximate surface area is 167 Å². The Morgan fingerprint density at radius 1 is 0.967 bits per heavy atom. The third kappa shape index (κ3) is 3.89. The van der Waals surface area contributed by atoms with Gasteiger partial charge in [-0.2, -0.15) is 5.26 Å². The number of carbonyl (C=O) groups is 1. The lowest BCUT2D eigenvalue weighted by molar-refractivity contribution is 0.0730. The van der Waals surface area contributed by atoms with Crippen LogP contribution < -0.4 is 15.2 Å². The van der Waals surface area contributed by atoms with E-state index in [1.54, 1.807) is 0 Å². The first-order chi connectivity index (χ1) is 14.2. The first-order valence-corrected chi connectivity index (χ1v) is 8.29. The van der Waals surface area contributed by atoms with Crippen LogP contribution >= 0.6 is 0 Å². The number of anilines is 1. The molecule has 0 aliphatic carbocycles. The lowest BCUT2D eigenvalue weighted by atomic mass is 10.0. The molecule has 0 heterocycles. The van der Waals surface area contributed by atoms with E-state index in [9.17, 15) is 22.4 Å². The second kappa shape index (κ2) is 8.13. The van der Waals surface area contributed by atoms with Crippen molar-refractivity contribution in [3.05, 3.63) is 76.9 Å². The second-order valence-corrected chi connectivity index (χ2v) is 6.04. The second-order valence-electron chi connectivity index (χ2n) is 6.04. The van der Waals surface area contributed by atoms with Gasteiger partial charge in [-0.05, 0) is 29.8 Å². The van der Waals surface area contributed by atoms with E-state index in [0.717, 1.165) is 0 Å². The molecule has 0 spiro atoms. The summed E-state index contributed by atoms with van der Waals surface area (Å²) in [5.41, 5.74) is 3.81. The minimum atomic E-state index is -1.27. The number of hydrogen-bond acceptors (Lipinski definition) is 5. The van der Waals surface area contributed by atoms with Gasteiger partial charge in [-0.15, -0.1) is 0 Å². The Bertz CT molecular complexity index is 1160. The number of halogens is 4. The van der Waals surface area contributed by atoms with Crippen molar-refractivity contribution < 1.29 is 31.8 Å². The minimum absolute atomic E-state index is 0.0344. The highest BCUT2D eigenvalue weighted by molar-refractivity contribution is 5.94. The van der Waals surface area contributed by atoms with Crippen LogP contribution in [0.15, 0.2) is 42.5 Å². The van der Waals surface area contributed by atoms with Crippen molar-refractivity contribution in [2.45, 2.75) is 0 Å². The van der Waals surface area contributed by atoms with Crippen molar-refractivity contribution in [2.75, 3.05) is 12.8 Å². The van der Waals surface area contributed by atoms with Crippen LogP contribution in [0.1, 0.15) is 15.9 Å². The van der Waals surface area contributed by atoms with E-state index in [1.165, 1.54) is 31.4 Å². The number of nitrogens with two attached hydrogens (primary N) is 1. The van der Waals surface area contributed by atoms with Gasteiger partial charge in [-0.3, -0.25) is 0 Å². The van der Waals surface area contributed by atoms with Crippen molar-refractivity contribution in [1.82, 2.24) is 0 Å². The molecule has 152 valence electrons. The maximum absolute atomic E-state index is 14.5. The van der Waals surface area contributed by atoms with Gasteiger partial charge < -0.3 is 15.2 Å². The number of nitriles is 1. The number of carbonyl (C=O) groups excluding carboxylic acids is 1. The molecular formula is C21H12F4N2O3. The molecule has 0 aliphatic rings. The van der Waals surface area contributed by atoms with Crippen LogP contribution in [0.2, 0.25) is 0 Å². The maximum atomic E-state index is 14.5. The third-order valence-corrected chi connectivity index (χ3v) is 4.11. The van der Waals surface area contributed by atoms with Gasteiger partial charge in [0.1, 0.15) is 52.0 Å². The summed E-state index contributed by atoms with van der Waals surface area (Å²) in [6.45, 7) is 0. The van der Waals surface area contributed by atoms with Gasteiger partial charge in [0, 0.05) is 23.9 Å². The third-order valence-electron chi connectivity index (χ3n) is 4.11. The first kappa shape index (κ1) is 20.7. The molecular weight excluding hydrogens is 404 g/mol. The Kier molecular flexibility index (Phi) is 5.60. The SMILES string of the molecule is COc1cc(N)ccc1C(=O)Oc1cc(F)c(-c2cc(F)c(C#N)c(F)c2)c(F)c1. The van der Waals surface area contributed by atoms with Crippen molar-refractivity contribution in [2.24, 2.45) is 0 Å². The van der Waals surface area contributed by atoms with Crippen LogP contribution in [-0.2, 0) is 0 Å². The number of rotatable bonds is 4. The zero-order valence-electron chi connectivity index (χ0n) is 15.3. The van der Waals surface area contributed by atoms with E-state index >= 15 is 0 Å². The molecule has 3 aromatic rings. The maximum Gasteiger partial charge on any atom is 0.347 e. The van der Waals surface area contributed by atoms with Crippen LogP contribution in [0.25, 0.3) is 11.1 Å². The van der Waals surface area contributed by atoms with Crippen LogP contribution in [0.3, 0.4) is 0 Å². The summed E-state index contributed by atoms with van der Waals surface area (Å²) in [5, 5.41) is 8.69. The quantitative estimate of drug-likeness (QED) is 0.291. The van der Waals surface area contributed by atoms with E-state index in [2.05, 4.69) is 0 Å². The monoisotopic (exact) mass is 416 g/mol. The van der Waals surface area contributed by atoms with Gasteiger partial charge in [-0.1, -0.05) is 0 Å². The van der Waals surface area contributed by atoms with E-state index in [1.807, 2.05) is 0 Å². The van der Waals surface area contributed by atoms with Gasteiger partial charge in [0.05, 0.1) is 12.7 Å². The molecule has 0 radical (unpaired) electrons. The highest BCUT2D eigenvalue weighted by atomic mass is 19.1. The van der Waals surface area contributed by atoms with Crippen LogP contribution in [0, 0.1) is 34.6 Å². The molecule has 2 N–H and O–H groups in total. The van der Waals surface area contributed by atoms with Gasteiger partial charge >= 0.3 is 5.97 Å². The topological polar surface area (TPSA) is 85.3 Å². The smallest absolute Gasteiger partial charge is 0.347 e. The molecule has 0 atom stereocenters.